The first-order valence-electron chi connectivity index (χ1n) is 14.9. The molecule has 1 aliphatic heterocycles. The molecule has 0 spiro atoms. The molecule has 3 heteroatoms. The molecule has 1 fully saturated rings. The topological polar surface area (TPSA) is 23.6 Å². The number of Topliss-reactive ketones (excluding diaryl/α,β-unsaturated/α-hetero) is 1. The van der Waals surface area contributed by atoms with Gasteiger partial charge in [-0.15, -0.1) is 0 Å². The average Bonchev–Trinajstić information content (AvgIpc) is 3.10. The number of anilines is 1. The summed E-state index contributed by atoms with van der Waals surface area (Å²) in [4.78, 5) is 19.7. The molecule has 4 aromatic carbocycles. The van der Waals surface area contributed by atoms with Crippen molar-refractivity contribution in [2.75, 3.05) is 37.6 Å². The Kier molecular flexibility index (Phi) is 7.52. The van der Waals surface area contributed by atoms with E-state index in [0.717, 1.165) is 25.2 Å². The molecule has 0 unspecified atom stereocenters. The van der Waals surface area contributed by atoms with E-state index in [0.29, 0.717) is 12.8 Å². The van der Waals surface area contributed by atoms with Crippen LogP contribution in [0.1, 0.15) is 59.7 Å². The molecule has 3 nitrogen and oxygen atoms in total. The van der Waals surface area contributed by atoms with Crippen molar-refractivity contribution in [1.82, 2.24) is 4.90 Å². The summed E-state index contributed by atoms with van der Waals surface area (Å²) in [5.74, 6) is 0.269. The maximum atomic E-state index is 14.5. The fraction of sp³-hybridized carbons (Fsp3) is 0.361. The zero-order valence-electron chi connectivity index (χ0n) is 23.2. The lowest BCUT2D eigenvalue weighted by molar-refractivity contribution is 0.0892. The Morgan fingerprint density at radius 2 is 1.44 bits per heavy atom. The minimum atomic E-state index is -0.599. The predicted molar refractivity (Wildman–Crippen MR) is 163 cm³/mol. The van der Waals surface area contributed by atoms with Crippen LogP contribution in [0, 0.1) is 0 Å². The highest BCUT2D eigenvalue weighted by molar-refractivity contribution is 6.22. The molecule has 1 heterocycles. The van der Waals surface area contributed by atoms with Gasteiger partial charge in [0.2, 0.25) is 0 Å². The SMILES string of the molecule is CCCCCN1CCCN(c2ccc3c4c(cccc24)C(=O)C3(Cc2ccccc2)Cc2ccccc2)CC1. The Labute approximate surface area is 233 Å². The predicted octanol–water partition coefficient (Wildman–Crippen LogP) is 7.46. The monoisotopic (exact) mass is 516 g/mol. The lowest BCUT2D eigenvalue weighted by atomic mass is 9.71. The van der Waals surface area contributed by atoms with Crippen molar-refractivity contribution in [3.63, 3.8) is 0 Å². The van der Waals surface area contributed by atoms with Gasteiger partial charge in [-0.2, -0.15) is 0 Å². The van der Waals surface area contributed by atoms with Crippen molar-refractivity contribution in [3.05, 3.63) is 113 Å². The smallest absolute Gasteiger partial charge is 0.174 e. The number of hydrogen-bond donors (Lipinski definition) is 0. The maximum absolute atomic E-state index is 14.5. The fourth-order valence-corrected chi connectivity index (χ4v) is 6.96. The molecule has 0 bridgehead atoms. The van der Waals surface area contributed by atoms with Crippen LogP contribution in [0.15, 0.2) is 91.0 Å². The van der Waals surface area contributed by atoms with Gasteiger partial charge in [0.15, 0.2) is 5.78 Å². The minimum Gasteiger partial charge on any atom is -0.370 e. The zero-order chi connectivity index (χ0) is 26.7. The number of ketones is 1. The van der Waals surface area contributed by atoms with Gasteiger partial charge in [-0.3, -0.25) is 4.79 Å². The standard InChI is InChI=1S/C36H40N2O/c1-2-3-10-21-37-22-12-23-38(25-24-37)33-20-19-32-34-30(33)17-11-18-31(34)35(39)36(32,26-28-13-6-4-7-14-28)27-29-15-8-5-9-16-29/h4-9,11,13-20H,2-3,10,12,21-27H2,1H3. The largest absolute Gasteiger partial charge is 0.370 e. The van der Waals surface area contributed by atoms with Gasteiger partial charge >= 0.3 is 0 Å². The van der Waals surface area contributed by atoms with Gasteiger partial charge in [-0.25, -0.2) is 0 Å². The van der Waals surface area contributed by atoms with Gasteiger partial charge in [0, 0.05) is 36.3 Å². The third-order valence-corrected chi connectivity index (χ3v) is 8.92. The van der Waals surface area contributed by atoms with Gasteiger partial charge in [0.25, 0.3) is 0 Å². The number of rotatable bonds is 9. The van der Waals surface area contributed by atoms with Crippen molar-refractivity contribution in [2.24, 2.45) is 0 Å². The van der Waals surface area contributed by atoms with Crippen molar-refractivity contribution in [3.8, 4) is 0 Å². The van der Waals surface area contributed by atoms with Gasteiger partial charge < -0.3 is 9.80 Å². The number of benzene rings is 4. The summed E-state index contributed by atoms with van der Waals surface area (Å²) in [6, 6.07) is 32.1. The number of carbonyl (C=O) groups excluding carboxylic acids is 1. The molecule has 200 valence electrons. The van der Waals surface area contributed by atoms with Crippen molar-refractivity contribution in [1.29, 1.82) is 0 Å². The summed E-state index contributed by atoms with van der Waals surface area (Å²) >= 11 is 0. The molecule has 0 N–H and O–H groups in total. The molecule has 0 amide bonds. The molecule has 0 aromatic heterocycles. The van der Waals surface area contributed by atoms with Crippen LogP contribution in [0.2, 0.25) is 0 Å². The van der Waals surface area contributed by atoms with E-state index in [2.05, 4.69) is 108 Å². The van der Waals surface area contributed by atoms with Crippen molar-refractivity contribution >= 4 is 22.2 Å². The van der Waals surface area contributed by atoms with Crippen molar-refractivity contribution in [2.45, 2.75) is 50.9 Å². The average molecular weight is 517 g/mol. The van der Waals surface area contributed by atoms with Crippen molar-refractivity contribution < 1.29 is 4.79 Å². The van der Waals surface area contributed by atoms with E-state index in [9.17, 15) is 4.79 Å². The van der Waals surface area contributed by atoms with Crippen LogP contribution in [0.4, 0.5) is 5.69 Å². The summed E-state index contributed by atoms with van der Waals surface area (Å²) in [7, 11) is 0. The Morgan fingerprint density at radius 1 is 0.718 bits per heavy atom. The van der Waals surface area contributed by atoms with Gasteiger partial charge in [-0.05, 0) is 66.9 Å². The summed E-state index contributed by atoms with van der Waals surface area (Å²) in [6.45, 7) is 7.88. The summed E-state index contributed by atoms with van der Waals surface area (Å²) in [6.07, 6.45) is 6.49. The molecule has 0 radical (unpaired) electrons. The first-order chi connectivity index (χ1) is 19.2. The van der Waals surface area contributed by atoms with Crippen LogP contribution in [0.5, 0.6) is 0 Å². The van der Waals surface area contributed by atoms with Gasteiger partial charge in [-0.1, -0.05) is 105 Å². The molecule has 0 saturated carbocycles. The lowest BCUT2D eigenvalue weighted by Crippen LogP contribution is -2.37. The molecular weight excluding hydrogens is 476 g/mol. The summed E-state index contributed by atoms with van der Waals surface area (Å²) in [5, 5.41) is 2.41. The molecule has 0 atom stereocenters. The van der Waals surface area contributed by atoms with Crippen LogP contribution in [-0.2, 0) is 18.3 Å². The van der Waals surface area contributed by atoms with E-state index >= 15 is 0 Å². The Hall–Kier alpha value is -3.43. The normalized spacial score (nSPS) is 17.1. The van der Waals surface area contributed by atoms with Crippen LogP contribution in [0.25, 0.3) is 10.8 Å². The second kappa shape index (κ2) is 11.4. The van der Waals surface area contributed by atoms with E-state index in [-0.39, 0.29) is 5.78 Å². The third-order valence-electron chi connectivity index (χ3n) is 8.92. The Balaban J connectivity index is 1.39. The molecule has 1 saturated heterocycles. The minimum absolute atomic E-state index is 0.269. The summed E-state index contributed by atoms with van der Waals surface area (Å²) in [5.41, 5.74) is 5.20. The molecule has 2 aliphatic rings. The van der Waals surface area contributed by atoms with Crippen LogP contribution in [0.3, 0.4) is 0 Å². The molecule has 1 aliphatic carbocycles. The fourth-order valence-electron chi connectivity index (χ4n) is 6.96. The highest BCUT2D eigenvalue weighted by Crippen LogP contribution is 2.48. The lowest BCUT2D eigenvalue weighted by Gasteiger charge is -2.31. The van der Waals surface area contributed by atoms with Crippen LogP contribution >= 0.6 is 0 Å². The van der Waals surface area contributed by atoms with Crippen LogP contribution < -0.4 is 4.90 Å². The first-order valence-corrected chi connectivity index (χ1v) is 14.9. The summed E-state index contributed by atoms with van der Waals surface area (Å²) < 4.78 is 0. The van der Waals surface area contributed by atoms with E-state index in [1.807, 2.05) is 0 Å². The third kappa shape index (κ3) is 5.01. The maximum Gasteiger partial charge on any atom is 0.174 e. The van der Waals surface area contributed by atoms with Gasteiger partial charge in [0.05, 0.1) is 5.41 Å². The number of carbonyl (C=O) groups is 1. The molecule has 6 rings (SSSR count). The Morgan fingerprint density at radius 3 is 2.13 bits per heavy atom. The second-order valence-electron chi connectivity index (χ2n) is 11.5. The molecule has 4 aromatic rings. The Bertz CT molecular complexity index is 1390. The first kappa shape index (κ1) is 25.8. The van der Waals surface area contributed by atoms with E-state index in [4.69, 9.17) is 0 Å². The highest BCUT2D eigenvalue weighted by Gasteiger charge is 2.47. The number of unbranched alkanes of at least 4 members (excludes halogenated alkanes) is 2. The van der Waals surface area contributed by atoms with E-state index in [1.165, 1.54) is 71.9 Å². The number of hydrogen-bond acceptors (Lipinski definition) is 3. The van der Waals surface area contributed by atoms with Gasteiger partial charge in [0.1, 0.15) is 0 Å². The quantitative estimate of drug-likeness (QED) is 0.216. The number of nitrogens with zero attached hydrogens (tertiary/aromatic N) is 2. The highest BCUT2D eigenvalue weighted by atomic mass is 16.1. The zero-order valence-corrected chi connectivity index (χ0v) is 23.2. The van der Waals surface area contributed by atoms with E-state index in [1.54, 1.807) is 0 Å². The van der Waals surface area contributed by atoms with E-state index < -0.39 is 5.41 Å². The molecule has 39 heavy (non-hydrogen) atoms. The van der Waals surface area contributed by atoms with Crippen LogP contribution in [-0.4, -0.2) is 43.4 Å². The molecular formula is C36H40N2O. The second-order valence-corrected chi connectivity index (χ2v) is 11.5.